The van der Waals surface area contributed by atoms with Gasteiger partial charge in [-0.2, -0.15) is 0 Å². The maximum atomic E-state index is 9.07. The molecule has 2 unspecified atom stereocenters. The molecular formula is C5H9BO6. The third kappa shape index (κ3) is 1.61. The average molecular weight is 176 g/mol. The van der Waals surface area contributed by atoms with Crippen LogP contribution < -0.4 is 0 Å². The molecule has 0 aromatic heterocycles. The Hall–Kier alpha value is -0.175. The van der Waals surface area contributed by atoms with E-state index in [0.717, 1.165) is 0 Å². The van der Waals surface area contributed by atoms with Crippen LogP contribution in [0.4, 0.5) is 0 Å². The molecule has 1 saturated heterocycles. The highest BCUT2D eigenvalue weighted by Gasteiger charge is 2.42. The summed E-state index contributed by atoms with van der Waals surface area (Å²) in [5, 5.41) is 36.0. The predicted molar refractivity (Wildman–Crippen MR) is 35.7 cm³/mol. The molecule has 0 aromatic rings. The molecule has 1 fully saturated rings. The lowest BCUT2D eigenvalue weighted by atomic mass is 10.0. The van der Waals surface area contributed by atoms with Crippen molar-refractivity contribution in [1.29, 1.82) is 0 Å². The molecule has 6 nitrogen and oxygen atoms in total. The summed E-state index contributed by atoms with van der Waals surface area (Å²) in [6.07, 6.45) is -7.53. The molecule has 1 aliphatic heterocycles. The molecule has 0 saturated carbocycles. The van der Waals surface area contributed by atoms with Crippen LogP contribution >= 0.6 is 0 Å². The molecule has 7 heteroatoms. The van der Waals surface area contributed by atoms with Crippen LogP contribution in [0.5, 0.6) is 0 Å². The van der Waals surface area contributed by atoms with E-state index < -0.39 is 30.9 Å². The van der Waals surface area contributed by atoms with Crippen molar-refractivity contribution in [2.24, 2.45) is 0 Å². The van der Waals surface area contributed by atoms with E-state index in [0.29, 0.717) is 0 Å². The lowest BCUT2D eigenvalue weighted by Gasteiger charge is -2.37. The van der Waals surface area contributed by atoms with Crippen LogP contribution in [0.15, 0.2) is 0 Å². The second-order valence-electron chi connectivity index (χ2n) is 2.50. The Balaban J connectivity index is 2.63. The first-order valence-corrected chi connectivity index (χ1v) is 3.31. The third-order valence-electron chi connectivity index (χ3n) is 1.68. The number of ether oxygens (including phenoxy) is 1. The molecule has 12 heavy (non-hydrogen) atoms. The number of aliphatic hydroxyl groups excluding tert-OH is 4. The Morgan fingerprint density at radius 3 is 2.08 bits per heavy atom. The predicted octanol–water partition coefficient (Wildman–Crippen LogP) is -3.16. The van der Waals surface area contributed by atoms with Crippen molar-refractivity contribution in [2.75, 3.05) is 0 Å². The first-order chi connectivity index (χ1) is 5.57. The van der Waals surface area contributed by atoms with Gasteiger partial charge >= 0.3 is 0 Å². The van der Waals surface area contributed by atoms with Crippen molar-refractivity contribution in [3.05, 3.63) is 0 Å². The van der Waals surface area contributed by atoms with E-state index in [9.17, 15) is 0 Å². The normalized spacial score (nSPS) is 49.2. The minimum Gasteiger partial charge on any atom is -0.423 e. The number of rotatable bonds is 1. The zero-order valence-corrected chi connectivity index (χ0v) is 6.07. The molecule has 68 valence electrons. The maximum absolute atomic E-state index is 9.07. The molecule has 2 radical (unpaired) electrons. The van der Waals surface area contributed by atoms with E-state index >= 15 is 0 Å². The average Bonchev–Trinajstić information content (AvgIpc) is 2.08. The molecule has 0 aromatic carbocycles. The van der Waals surface area contributed by atoms with Gasteiger partial charge in [-0.3, -0.25) is 0 Å². The Bertz CT molecular complexity index is 150. The van der Waals surface area contributed by atoms with Crippen LogP contribution in [0.2, 0.25) is 0 Å². The van der Waals surface area contributed by atoms with Gasteiger partial charge in [0.05, 0.1) is 0 Å². The topological polar surface area (TPSA) is 99.4 Å². The zero-order valence-electron chi connectivity index (χ0n) is 6.07. The van der Waals surface area contributed by atoms with E-state index in [2.05, 4.69) is 17.4 Å². The Kier molecular flexibility index (Phi) is 3.05. The summed E-state index contributed by atoms with van der Waals surface area (Å²) < 4.78 is 8.57. The van der Waals surface area contributed by atoms with E-state index in [1.54, 1.807) is 0 Å². The summed E-state index contributed by atoms with van der Waals surface area (Å²) in [5.41, 5.74) is 0. The van der Waals surface area contributed by atoms with Gasteiger partial charge in [-0.25, -0.2) is 0 Å². The molecule has 0 bridgehead atoms. The first kappa shape index (κ1) is 9.91. The number of hydrogen-bond acceptors (Lipinski definition) is 6. The van der Waals surface area contributed by atoms with Crippen LogP contribution in [0, 0.1) is 0 Å². The van der Waals surface area contributed by atoms with E-state index in [1.165, 1.54) is 0 Å². The largest absolute Gasteiger partial charge is 0.423 e. The second kappa shape index (κ2) is 3.69. The van der Waals surface area contributed by atoms with E-state index in [1.807, 2.05) is 0 Å². The molecule has 1 heterocycles. The molecule has 1 aliphatic rings. The summed E-state index contributed by atoms with van der Waals surface area (Å²) in [6.45, 7) is 0. The maximum Gasteiger partial charge on any atom is 0.286 e. The smallest absolute Gasteiger partial charge is 0.286 e. The van der Waals surface area contributed by atoms with Crippen molar-refractivity contribution in [3.63, 3.8) is 0 Å². The summed E-state index contributed by atoms with van der Waals surface area (Å²) >= 11 is 0. The first-order valence-electron chi connectivity index (χ1n) is 3.31. The van der Waals surface area contributed by atoms with Crippen LogP contribution in [0.25, 0.3) is 0 Å². The Labute approximate surface area is 69.8 Å². The van der Waals surface area contributed by atoms with Gasteiger partial charge in [-0.05, 0) is 0 Å². The Morgan fingerprint density at radius 1 is 1.00 bits per heavy atom. The lowest BCUT2D eigenvalue weighted by molar-refractivity contribution is -0.321. The summed E-state index contributed by atoms with van der Waals surface area (Å²) in [4.78, 5) is 0. The summed E-state index contributed by atoms with van der Waals surface area (Å²) in [7, 11) is 4.67. The van der Waals surface area contributed by atoms with Crippen molar-refractivity contribution in [1.82, 2.24) is 0 Å². The second-order valence-corrected chi connectivity index (χ2v) is 2.50. The quantitative estimate of drug-likeness (QED) is 0.315. The van der Waals surface area contributed by atoms with Crippen LogP contribution in [0.3, 0.4) is 0 Å². The van der Waals surface area contributed by atoms with Crippen molar-refractivity contribution < 1.29 is 29.8 Å². The standard InChI is InChI=1S/C5H9BO6/c6-12-5-3(9)1(7)2(8)4(10)11-5/h1-5,7-10H/t1-,2+,3+,4?,5?/m1/s1. The molecule has 0 aliphatic carbocycles. The van der Waals surface area contributed by atoms with Gasteiger partial charge in [0.1, 0.15) is 18.3 Å². The van der Waals surface area contributed by atoms with Gasteiger partial charge in [0.15, 0.2) is 12.6 Å². The minimum atomic E-state index is -1.61. The highest BCUT2D eigenvalue weighted by atomic mass is 16.7. The summed E-state index contributed by atoms with van der Waals surface area (Å²) in [5.74, 6) is 0. The van der Waals surface area contributed by atoms with Gasteiger partial charge in [-0.1, -0.05) is 0 Å². The van der Waals surface area contributed by atoms with Crippen molar-refractivity contribution >= 4 is 8.05 Å². The van der Waals surface area contributed by atoms with Crippen LogP contribution in [-0.2, 0) is 9.39 Å². The van der Waals surface area contributed by atoms with Gasteiger partial charge in [0.25, 0.3) is 8.05 Å². The SMILES string of the molecule is [B]OC1OC(O)[C@@H](O)[C@@H](O)[C@@H]1O. The number of aliphatic hydroxyl groups is 4. The highest BCUT2D eigenvalue weighted by molar-refractivity contribution is 5.98. The highest BCUT2D eigenvalue weighted by Crippen LogP contribution is 2.19. The molecular weight excluding hydrogens is 167 g/mol. The molecule has 4 N–H and O–H groups in total. The van der Waals surface area contributed by atoms with Gasteiger partial charge < -0.3 is 29.8 Å². The van der Waals surface area contributed by atoms with Crippen molar-refractivity contribution in [2.45, 2.75) is 30.9 Å². The monoisotopic (exact) mass is 176 g/mol. The fourth-order valence-corrected chi connectivity index (χ4v) is 0.943. The van der Waals surface area contributed by atoms with Gasteiger partial charge in [0, 0.05) is 0 Å². The molecule has 0 amide bonds. The molecule has 1 rings (SSSR count). The van der Waals surface area contributed by atoms with Crippen LogP contribution in [0.1, 0.15) is 0 Å². The fourth-order valence-electron chi connectivity index (χ4n) is 0.943. The lowest BCUT2D eigenvalue weighted by Crippen LogP contribution is -2.58. The van der Waals surface area contributed by atoms with Crippen molar-refractivity contribution in [3.8, 4) is 0 Å². The van der Waals surface area contributed by atoms with Gasteiger partial charge in [0.2, 0.25) is 0 Å². The molecule has 0 spiro atoms. The van der Waals surface area contributed by atoms with Gasteiger partial charge in [-0.15, -0.1) is 0 Å². The summed E-state index contributed by atoms with van der Waals surface area (Å²) in [6, 6.07) is 0. The zero-order chi connectivity index (χ0) is 9.30. The third-order valence-corrected chi connectivity index (χ3v) is 1.68. The van der Waals surface area contributed by atoms with Crippen LogP contribution in [-0.4, -0.2) is 59.4 Å². The Morgan fingerprint density at radius 2 is 1.58 bits per heavy atom. The van der Waals surface area contributed by atoms with E-state index in [4.69, 9.17) is 20.4 Å². The molecule has 5 atom stereocenters. The van der Waals surface area contributed by atoms with E-state index in [-0.39, 0.29) is 0 Å². The minimum absolute atomic E-state index is 1.33. The number of hydrogen-bond donors (Lipinski definition) is 4. The fraction of sp³-hybridized carbons (Fsp3) is 1.00.